The number of amides is 1. The molecule has 8 heteroatoms. The topological polar surface area (TPSA) is 95.0 Å². The number of benzene rings is 3. The molecule has 0 saturated heterocycles. The van der Waals surface area contributed by atoms with Crippen molar-refractivity contribution < 1.29 is 23.2 Å². The maximum atomic E-state index is 14.0. The van der Waals surface area contributed by atoms with E-state index < -0.39 is 11.9 Å². The third kappa shape index (κ3) is 3.03. The highest BCUT2D eigenvalue weighted by Gasteiger charge is 2.46. The molecule has 3 heterocycles. The van der Waals surface area contributed by atoms with E-state index >= 15 is 0 Å². The number of methoxy groups -OCH3 is 2. The summed E-state index contributed by atoms with van der Waals surface area (Å²) >= 11 is 0. The van der Waals surface area contributed by atoms with Crippen LogP contribution in [0.25, 0.3) is 21.7 Å². The zero-order valence-electron chi connectivity index (χ0n) is 19.2. The van der Waals surface area contributed by atoms with Gasteiger partial charge in [-0.15, -0.1) is 0 Å². The normalized spacial score (nSPS) is 15.1. The maximum Gasteiger partial charge on any atom is 0.296 e. The van der Waals surface area contributed by atoms with Crippen LogP contribution in [0.2, 0.25) is 0 Å². The molecule has 0 aliphatic carbocycles. The summed E-state index contributed by atoms with van der Waals surface area (Å²) in [5.41, 5.74) is 0.852. The molecule has 1 aliphatic heterocycles. The number of hydrogen-bond donors (Lipinski definition) is 0. The number of aryl methyl sites for hydroxylation is 1. The van der Waals surface area contributed by atoms with Crippen molar-refractivity contribution in [2.24, 2.45) is 0 Å². The summed E-state index contributed by atoms with van der Waals surface area (Å²) in [7, 11) is 3.08. The van der Waals surface area contributed by atoms with Crippen LogP contribution in [0.15, 0.2) is 74.4 Å². The van der Waals surface area contributed by atoms with Crippen LogP contribution in [0.5, 0.6) is 11.5 Å². The smallest absolute Gasteiger partial charge is 0.296 e. The zero-order chi connectivity index (χ0) is 24.3. The van der Waals surface area contributed by atoms with Gasteiger partial charge in [0, 0.05) is 17.0 Å². The van der Waals surface area contributed by atoms with Crippen molar-refractivity contribution in [1.29, 1.82) is 0 Å². The molecule has 0 spiro atoms. The Labute approximate surface area is 199 Å². The molecule has 6 rings (SSSR count). The van der Waals surface area contributed by atoms with Gasteiger partial charge in [0.2, 0.25) is 5.76 Å². The number of nitrogens with zero attached hydrogens (tertiary/aromatic N) is 2. The Kier molecular flexibility index (Phi) is 4.63. The van der Waals surface area contributed by atoms with E-state index in [1.54, 1.807) is 44.4 Å². The largest absolute Gasteiger partial charge is 0.497 e. The van der Waals surface area contributed by atoms with E-state index in [1.807, 2.05) is 30.3 Å². The fourth-order valence-corrected chi connectivity index (χ4v) is 4.75. The molecule has 3 aromatic carbocycles. The highest BCUT2D eigenvalue weighted by molar-refractivity contribution is 6.12. The molecule has 0 bridgehead atoms. The Bertz CT molecular complexity index is 1700. The van der Waals surface area contributed by atoms with E-state index in [0.717, 1.165) is 10.8 Å². The monoisotopic (exact) mass is 468 g/mol. The average Bonchev–Trinajstić information content (AvgIpc) is 3.44. The second kappa shape index (κ2) is 7.73. The van der Waals surface area contributed by atoms with Crippen LogP contribution in [-0.4, -0.2) is 25.3 Å². The van der Waals surface area contributed by atoms with Crippen molar-refractivity contribution in [3.8, 4) is 11.5 Å². The predicted octanol–water partition coefficient (Wildman–Crippen LogP) is 5.01. The first-order valence-corrected chi connectivity index (χ1v) is 11.0. The summed E-state index contributed by atoms with van der Waals surface area (Å²) in [6.07, 6.45) is 0. The number of anilines is 1. The van der Waals surface area contributed by atoms with Gasteiger partial charge in [0.05, 0.1) is 25.2 Å². The van der Waals surface area contributed by atoms with Gasteiger partial charge in [0.25, 0.3) is 5.91 Å². The number of ether oxygens (including phenoxy) is 2. The molecule has 0 radical (unpaired) electrons. The fourth-order valence-electron chi connectivity index (χ4n) is 4.75. The van der Waals surface area contributed by atoms with Crippen molar-refractivity contribution >= 4 is 33.5 Å². The number of fused-ring (bicyclic) bond motifs is 4. The molecule has 0 unspecified atom stereocenters. The minimum Gasteiger partial charge on any atom is -0.497 e. The first-order chi connectivity index (χ1) is 17.0. The molecule has 5 aromatic rings. The van der Waals surface area contributed by atoms with Crippen LogP contribution in [0.4, 0.5) is 5.82 Å². The van der Waals surface area contributed by atoms with Gasteiger partial charge in [0.15, 0.2) is 11.2 Å². The van der Waals surface area contributed by atoms with Crippen LogP contribution in [0.1, 0.15) is 33.5 Å². The van der Waals surface area contributed by atoms with E-state index in [-0.39, 0.29) is 22.6 Å². The predicted molar refractivity (Wildman–Crippen MR) is 129 cm³/mol. The lowest BCUT2D eigenvalue weighted by molar-refractivity contribution is 0.0969. The van der Waals surface area contributed by atoms with E-state index in [4.69, 9.17) is 18.4 Å². The number of carbonyl (C=O) groups excluding carboxylic acids is 1. The van der Waals surface area contributed by atoms with Gasteiger partial charge in [0.1, 0.15) is 28.9 Å². The molecule has 0 saturated carbocycles. The molecule has 174 valence electrons. The lowest BCUT2D eigenvalue weighted by Crippen LogP contribution is -2.30. The Balaban J connectivity index is 1.71. The molecule has 1 atom stereocenters. The Morgan fingerprint density at radius 1 is 0.943 bits per heavy atom. The number of rotatable bonds is 4. The van der Waals surface area contributed by atoms with Gasteiger partial charge in [-0.2, -0.15) is 0 Å². The summed E-state index contributed by atoms with van der Waals surface area (Å²) in [6.45, 7) is 1.73. The van der Waals surface area contributed by atoms with Crippen molar-refractivity contribution in [1.82, 2.24) is 5.16 Å². The molecular formula is C27H20N2O6. The summed E-state index contributed by atoms with van der Waals surface area (Å²) < 4.78 is 22.5. The third-order valence-electron chi connectivity index (χ3n) is 6.36. The second-order valence-corrected chi connectivity index (χ2v) is 8.32. The molecule has 1 aliphatic rings. The summed E-state index contributed by atoms with van der Waals surface area (Å²) in [4.78, 5) is 29.2. The Hall–Kier alpha value is -4.59. The molecule has 0 fully saturated rings. The van der Waals surface area contributed by atoms with E-state index in [0.29, 0.717) is 33.8 Å². The van der Waals surface area contributed by atoms with Crippen molar-refractivity contribution in [2.45, 2.75) is 13.0 Å². The van der Waals surface area contributed by atoms with Crippen molar-refractivity contribution in [3.05, 3.63) is 93.5 Å². The van der Waals surface area contributed by atoms with Gasteiger partial charge in [-0.05, 0) is 36.6 Å². The van der Waals surface area contributed by atoms with E-state index in [1.165, 1.54) is 12.0 Å². The van der Waals surface area contributed by atoms with Gasteiger partial charge in [-0.1, -0.05) is 35.5 Å². The maximum absolute atomic E-state index is 14.0. The lowest BCUT2D eigenvalue weighted by Gasteiger charge is -2.24. The van der Waals surface area contributed by atoms with E-state index in [2.05, 4.69) is 5.16 Å². The van der Waals surface area contributed by atoms with Crippen LogP contribution < -0.4 is 19.8 Å². The van der Waals surface area contributed by atoms with Crippen molar-refractivity contribution in [3.63, 3.8) is 0 Å². The average molecular weight is 468 g/mol. The molecule has 0 N–H and O–H groups in total. The fraction of sp³-hybridized carbons (Fsp3) is 0.148. The number of aromatic nitrogens is 1. The van der Waals surface area contributed by atoms with Gasteiger partial charge >= 0.3 is 0 Å². The molecule has 2 aromatic heterocycles. The Morgan fingerprint density at radius 2 is 1.77 bits per heavy atom. The number of hydrogen-bond acceptors (Lipinski definition) is 7. The van der Waals surface area contributed by atoms with Crippen LogP contribution in [0.3, 0.4) is 0 Å². The molecule has 35 heavy (non-hydrogen) atoms. The second-order valence-electron chi connectivity index (χ2n) is 8.32. The quantitative estimate of drug-likeness (QED) is 0.342. The van der Waals surface area contributed by atoms with Gasteiger partial charge in [-0.3, -0.25) is 14.5 Å². The lowest BCUT2D eigenvalue weighted by atomic mass is 9.96. The number of carbonyl (C=O) groups is 1. The van der Waals surface area contributed by atoms with Gasteiger partial charge < -0.3 is 18.4 Å². The SMILES string of the molecule is COc1ccc(OC)c([C@@H]2c3c(oc4c(ccc5ccccc54)c3=O)C(=O)N2c2cc(C)on2)c1. The minimum atomic E-state index is -0.862. The highest BCUT2D eigenvalue weighted by atomic mass is 16.5. The first kappa shape index (κ1) is 21.0. The Morgan fingerprint density at radius 3 is 2.51 bits per heavy atom. The summed E-state index contributed by atoms with van der Waals surface area (Å²) in [5, 5.41) is 6.12. The standard InChI is InChI=1S/C27H20N2O6/c1-14-12-21(28-35-14)29-23(19-13-16(32-2)9-11-20(19)33-3)22-24(30)18-10-8-15-6-4-5-7-17(15)25(18)34-26(22)27(29)31/h4-13,23H,1-3H3/t23-/m1/s1. The minimum absolute atomic E-state index is 0.0330. The molecule has 8 nitrogen and oxygen atoms in total. The molecular weight excluding hydrogens is 448 g/mol. The van der Waals surface area contributed by atoms with Crippen LogP contribution >= 0.6 is 0 Å². The van der Waals surface area contributed by atoms with E-state index in [9.17, 15) is 9.59 Å². The highest BCUT2D eigenvalue weighted by Crippen LogP contribution is 2.45. The summed E-state index contributed by atoms with van der Waals surface area (Å²) in [6, 6.07) is 17.2. The van der Waals surface area contributed by atoms with Gasteiger partial charge in [-0.25, -0.2) is 0 Å². The van der Waals surface area contributed by atoms with Crippen LogP contribution in [0, 0.1) is 6.92 Å². The molecule has 1 amide bonds. The third-order valence-corrected chi connectivity index (χ3v) is 6.36. The first-order valence-electron chi connectivity index (χ1n) is 11.0. The van der Waals surface area contributed by atoms with Crippen molar-refractivity contribution in [2.75, 3.05) is 19.1 Å². The van der Waals surface area contributed by atoms with Crippen LogP contribution in [-0.2, 0) is 0 Å². The summed E-state index contributed by atoms with van der Waals surface area (Å²) in [5.74, 6) is 1.30. The zero-order valence-corrected chi connectivity index (χ0v) is 19.2.